The number of halogens is 1. The molecular weight excluding hydrogens is 269 g/mol. The van der Waals surface area contributed by atoms with Gasteiger partial charge in [-0.15, -0.1) is 11.3 Å². The monoisotopic (exact) mass is 283 g/mol. The smallest absolute Gasteiger partial charge is 0.201 e. The summed E-state index contributed by atoms with van der Waals surface area (Å²) in [7, 11) is 4.53. The first kappa shape index (κ1) is 13.9. The third kappa shape index (κ3) is 2.91. The van der Waals surface area contributed by atoms with E-state index in [1.165, 1.54) is 24.5 Å². The van der Waals surface area contributed by atoms with Crippen molar-refractivity contribution in [2.45, 2.75) is 6.29 Å². The standard InChI is InChI=1S/C13H14FNO3S/c1-16-11-6-8(4-5-9(11)14)12-15-10(7-19-12)13(17-2)18-3/h4-7,13H,1-3H3. The summed E-state index contributed by atoms with van der Waals surface area (Å²) in [4.78, 5) is 4.42. The van der Waals surface area contributed by atoms with E-state index in [1.54, 1.807) is 26.4 Å². The summed E-state index contributed by atoms with van der Waals surface area (Å²) in [6, 6.07) is 4.64. The van der Waals surface area contributed by atoms with E-state index in [-0.39, 0.29) is 5.75 Å². The van der Waals surface area contributed by atoms with Crippen molar-refractivity contribution in [1.82, 2.24) is 4.98 Å². The minimum atomic E-state index is -0.493. The van der Waals surface area contributed by atoms with Crippen molar-refractivity contribution in [3.63, 3.8) is 0 Å². The van der Waals surface area contributed by atoms with Gasteiger partial charge in [-0.05, 0) is 18.2 Å². The van der Waals surface area contributed by atoms with Crippen molar-refractivity contribution in [3.05, 3.63) is 35.1 Å². The maximum Gasteiger partial charge on any atom is 0.201 e. The zero-order valence-corrected chi connectivity index (χ0v) is 11.7. The molecule has 0 aliphatic carbocycles. The molecule has 0 amide bonds. The Labute approximate surface area is 114 Å². The first-order valence-corrected chi connectivity index (χ1v) is 6.42. The predicted molar refractivity (Wildman–Crippen MR) is 70.8 cm³/mol. The Morgan fingerprint density at radius 1 is 1.21 bits per heavy atom. The molecule has 102 valence electrons. The van der Waals surface area contributed by atoms with E-state index in [0.717, 1.165) is 10.6 Å². The molecule has 2 rings (SSSR count). The van der Waals surface area contributed by atoms with Crippen LogP contribution < -0.4 is 4.74 Å². The Balaban J connectivity index is 2.32. The van der Waals surface area contributed by atoms with Crippen molar-refractivity contribution in [2.75, 3.05) is 21.3 Å². The van der Waals surface area contributed by atoms with Crippen LogP contribution in [0.5, 0.6) is 5.75 Å². The highest BCUT2D eigenvalue weighted by Gasteiger charge is 2.15. The van der Waals surface area contributed by atoms with E-state index >= 15 is 0 Å². The fourth-order valence-corrected chi connectivity index (χ4v) is 2.47. The second kappa shape index (κ2) is 6.10. The molecule has 1 aromatic carbocycles. The molecular formula is C13H14FNO3S. The molecule has 19 heavy (non-hydrogen) atoms. The highest BCUT2D eigenvalue weighted by Crippen LogP contribution is 2.30. The van der Waals surface area contributed by atoms with Crippen LogP contribution in [-0.4, -0.2) is 26.3 Å². The van der Waals surface area contributed by atoms with E-state index in [1.807, 2.05) is 5.38 Å². The second-order valence-corrected chi connectivity index (χ2v) is 4.59. The van der Waals surface area contributed by atoms with E-state index in [4.69, 9.17) is 14.2 Å². The summed E-state index contributed by atoms with van der Waals surface area (Å²) in [6.07, 6.45) is -0.493. The van der Waals surface area contributed by atoms with Crippen LogP contribution in [0.15, 0.2) is 23.6 Å². The molecule has 0 saturated carbocycles. The Morgan fingerprint density at radius 3 is 2.58 bits per heavy atom. The lowest BCUT2D eigenvalue weighted by molar-refractivity contribution is -0.108. The van der Waals surface area contributed by atoms with Gasteiger partial charge in [-0.3, -0.25) is 0 Å². The molecule has 6 heteroatoms. The van der Waals surface area contributed by atoms with Gasteiger partial charge in [-0.1, -0.05) is 0 Å². The van der Waals surface area contributed by atoms with Gasteiger partial charge in [0.1, 0.15) is 10.7 Å². The number of hydrogen-bond acceptors (Lipinski definition) is 5. The van der Waals surface area contributed by atoms with Crippen LogP contribution in [0.4, 0.5) is 4.39 Å². The molecule has 0 bridgehead atoms. The van der Waals surface area contributed by atoms with Gasteiger partial charge in [0.05, 0.1) is 7.11 Å². The minimum absolute atomic E-state index is 0.198. The average molecular weight is 283 g/mol. The third-order valence-electron chi connectivity index (χ3n) is 2.59. The lowest BCUT2D eigenvalue weighted by Gasteiger charge is -2.09. The molecule has 4 nitrogen and oxygen atoms in total. The van der Waals surface area contributed by atoms with Gasteiger partial charge in [-0.2, -0.15) is 0 Å². The molecule has 0 saturated heterocycles. The van der Waals surface area contributed by atoms with E-state index in [9.17, 15) is 4.39 Å². The Bertz CT molecular complexity index is 555. The Kier molecular flexibility index (Phi) is 4.47. The molecule has 0 radical (unpaired) electrons. The summed E-state index contributed by atoms with van der Waals surface area (Å²) in [6.45, 7) is 0. The molecule has 1 heterocycles. The number of ether oxygens (including phenoxy) is 3. The number of nitrogens with zero attached hydrogens (tertiary/aromatic N) is 1. The molecule has 0 spiro atoms. The maximum absolute atomic E-state index is 13.3. The molecule has 0 aliphatic heterocycles. The van der Waals surface area contributed by atoms with Crippen molar-refractivity contribution in [2.24, 2.45) is 0 Å². The molecule has 0 fully saturated rings. The SMILES string of the molecule is COc1cc(-c2nc(C(OC)OC)cs2)ccc1F. The topological polar surface area (TPSA) is 40.6 Å². The molecule has 1 aromatic heterocycles. The van der Waals surface area contributed by atoms with Crippen molar-refractivity contribution in [1.29, 1.82) is 0 Å². The van der Waals surface area contributed by atoms with Crippen LogP contribution in [0.3, 0.4) is 0 Å². The van der Waals surface area contributed by atoms with Crippen molar-refractivity contribution < 1.29 is 18.6 Å². The van der Waals surface area contributed by atoms with Crippen LogP contribution in [0.1, 0.15) is 12.0 Å². The summed E-state index contributed by atoms with van der Waals surface area (Å²) >= 11 is 1.44. The highest BCUT2D eigenvalue weighted by atomic mass is 32.1. The van der Waals surface area contributed by atoms with Gasteiger partial charge in [0.25, 0.3) is 0 Å². The predicted octanol–water partition coefficient (Wildman–Crippen LogP) is 3.25. The number of methoxy groups -OCH3 is 3. The lowest BCUT2D eigenvalue weighted by atomic mass is 10.2. The molecule has 0 unspecified atom stereocenters. The lowest BCUT2D eigenvalue weighted by Crippen LogP contribution is -2.03. The van der Waals surface area contributed by atoms with E-state index in [0.29, 0.717) is 5.69 Å². The summed E-state index contributed by atoms with van der Waals surface area (Å²) < 4.78 is 28.6. The van der Waals surface area contributed by atoms with E-state index < -0.39 is 12.1 Å². The van der Waals surface area contributed by atoms with Crippen LogP contribution >= 0.6 is 11.3 Å². The average Bonchev–Trinajstić information content (AvgIpc) is 2.90. The Morgan fingerprint density at radius 2 is 1.95 bits per heavy atom. The van der Waals surface area contributed by atoms with Gasteiger partial charge in [0.15, 0.2) is 11.6 Å². The summed E-state index contributed by atoms with van der Waals surface area (Å²) in [5.74, 6) is -0.195. The summed E-state index contributed by atoms with van der Waals surface area (Å²) in [5, 5.41) is 2.61. The fourth-order valence-electron chi connectivity index (χ4n) is 1.66. The van der Waals surface area contributed by atoms with Crippen molar-refractivity contribution in [3.8, 4) is 16.3 Å². The molecule has 2 aromatic rings. The first-order valence-electron chi connectivity index (χ1n) is 5.54. The number of benzene rings is 1. The van der Waals surface area contributed by atoms with E-state index in [2.05, 4.69) is 4.98 Å². The Hall–Kier alpha value is -1.50. The quantitative estimate of drug-likeness (QED) is 0.790. The largest absolute Gasteiger partial charge is 0.494 e. The number of thiazole rings is 1. The van der Waals surface area contributed by atoms with Crippen LogP contribution in [0.2, 0.25) is 0 Å². The van der Waals surface area contributed by atoms with Crippen LogP contribution in [0.25, 0.3) is 10.6 Å². The van der Waals surface area contributed by atoms with Crippen LogP contribution in [0, 0.1) is 5.82 Å². The maximum atomic E-state index is 13.3. The van der Waals surface area contributed by atoms with Gasteiger partial charge in [0.2, 0.25) is 6.29 Å². The molecule has 0 atom stereocenters. The first-order chi connectivity index (χ1) is 9.19. The highest BCUT2D eigenvalue weighted by molar-refractivity contribution is 7.13. The van der Waals surface area contributed by atoms with Crippen molar-refractivity contribution >= 4 is 11.3 Å². The molecule has 0 aliphatic rings. The second-order valence-electron chi connectivity index (χ2n) is 3.73. The number of aromatic nitrogens is 1. The third-order valence-corrected chi connectivity index (χ3v) is 3.50. The van der Waals surface area contributed by atoms with Crippen LogP contribution in [-0.2, 0) is 9.47 Å². The number of rotatable bonds is 5. The van der Waals surface area contributed by atoms with Gasteiger partial charge >= 0.3 is 0 Å². The normalized spacial score (nSPS) is 11.0. The number of hydrogen-bond donors (Lipinski definition) is 0. The van der Waals surface area contributed by atoms with Gasteiger partial charge < -0.3 is 14.2 Å². The fraction of sp³-hybridized carbons (Fsp3) is 0.308. The molecule has 0 N–H and O–H groups in total. The summed E-state index contributed by atoms with van der Waals surface area (Å²) in [5.41, 5.74) is 1.48. The van der Waals surface area contributed by atoms with Gasteiger partial charge in [-0.25, -0.2) is 9.37 Å². The minimum Gasteiger partial charge on any atom is -0.494 e. The van der Waals surface area contributed by atoms with Gasteiger partial charge in [0, 0.05) is 25.2 Å². The zero-order valence-electron chi connectivity index (χ0n) is 10.8. The zero-order chi connectivity index (χ0) is 13.8.